The number of rotatable bonds is 6. The van der Waals surface area contributed by atoms with E-state index in [0.29, 0.717) is 0 Å². The Bertz CT molecular complexity index is 639. The SMILES string of the molecule is c1ccc(CN2CCN(Cc3cnc(CC4CCCC4)[nH]3)CC2)nc1. The summed E-state index contributed by atoms with van der Waals surface area (Å²) in [6, 6.07) is 6.16. The molecule has 0 spiro atoms. The number of pyridine rings is 1. The average molecular weight is 339 g/mol. The molecule has 1 aliphatic heterocycles. The van der Waals surface area contributed by atoms with Crippen molar-refractivity contribution in [3.8, 4) is 0 Å². The molecule has 1 N–H and O–H groups in total. The third-order valence-electron chi connectivity index (χ3n) is 5.61. The van der Waals surface area contributed by atoms with Crippen LogP contribution in [0.3, 0.4) is 0 Å². The summed E-state index contributed by atoms with van der Waals surface area (Å²) in [5.74, 6) is 2.05. The van der Waals surface area contributed by atoms with E-state index in [-0.39, 0.29) is 0 Å². The van der Waals surface area contributed by atoms with Crippen molar-refractivity contribution in [2.75, 3.05) is 26.2 Å². The van der Waals surface area contributed by atoms with E-state index in [1.165, 1.54) is 42.9 Å². The number of piperazine rings is 1. The summed E-state index contributed by atoms with van der Waals surface area (Å²) in [5, 5.41) is 0. The Balaban J connectivity index is 1.22. The number of nitrogens with one attached hydrogen (secondary N) is 1. The molecule has 0 aromatic carbocycles. The molecule has 2 aliphatic rings. The van der Waals surface area contributed by atoms with Crippen molar-refractivity contribution in [1.29, 1.82) is 0 Å². The maximum Gasteiger partial charge on any atom is 0.106 e. The van der Waals surface area contributed by atoms with E-state index < -0.39 is 0 Å². The van der Waals surface area contributed by atoms with Gasteiger partial charge in [-0.3, -0.25) is 14.8 Å². The quantitative estimate of drug-likeness (QED) is 0.879. The molecule has 0 atom stereocenters. The Morgan fingerprint density at radius 2 is 1.72 bits per heavy atom. The van der Waals surface area contributed by atoms with E-state index in [9.17, 15) is 0 Å². The fourth-order valence-corrected chi connectivity index (χ4v) is 4.14. The lowest BCUT2D eigenvalue weighted by molar-refractivity contribution is 0.120. The van der Waals surface area contributed by atoms with Crippen molar-refractivity contribution in [1.82, 2.24) is 24.8 Å². The zero-order valence-corrected chi connectivity index (χ0v) is 15.0. The lowest BCUT2D eigenvalue weighted by Gasteiger charge is -2.34. The largest absolute Gasteiger partial charge is 0.345 e. The fraction of sp³-hybridized carbons (Fsp3) is 0.600. The Hall–Kier alpha value is -1.72. The van der Waals surface area contributed by atoms with Crippen LogP contribution in [0.1, 0.15) is 42.9 Å². The zero-order valence-electron chi connectivity index (χ0n) is 15.0. The molecular weight excluding hydrogens is 310 g/mol. The van der Waals surface area contributed by atoms with Crippen molar-refractivity contribution in [3.63, 3.8) is 0 Å². The smallest absolute Gasteiger partial charge is 0.106 e. The fourth-order valence-electron chi connectivity index (χ4n) is 4.14. The number of nitrogens with zero attached hydrogens (tertiary/aromatic N) is 4. The van der Waals surface area contributed by atoms with E-state index in [1.807, 2.05) is 18.5 Å². The first-order chi connectivity index (χ1) is 12.3. The van der Waals surface area contributed by atoms with E-state index in [2.05, 4.69) is 36.9 Å². The summed E-state index contributed by atoms with van der Waals surface area (Å²) in [6.07, 6.45) is 10.6. The van der Waals surface area contributed by atoms with Gasteiger partial charge in [0, 0.05) is 63.8 Å². The highest BCUT2D eigenvalue weighted by Crippen LogP contribution is 2.27. The van der Waals surface area contributed by atoms with Crippen LogP contribution in [0.25, 0.3) is 0 Å². The number of hydrogen-bond donors (Lipinski definition) is 1. The predicted molar refractivity (Wildman–Crippen MR) is 99.0 cm³/mol. The molecule has 2 aromatic heterocycles. The van der Waals surface area contributed by atoms with Gasteiger partial charge in [-0.2, -0.15) is 0 Å². The molecule has 1 saturated carbocycles. The van der Waals surface area contributed by atoms with Gasteiger partial charge in [0.15, 0.2) is 0 Å². The molecule has 2 fully saturated rings. The summed E-state index contributed by atoms with van der Waals surface area (Å²) in [4.78, 5) is 17.6. The Kier molecular flexibility index (Phi) is 5.43. The number of imidazole rings is 1. The van der Waals surface area contributed by atoms with Crippen LogP contribution in [0.15, 0.2) is 30.6 Å². The van der Waals surface area contributed by atoms with Crippen LogP contribution < -0.4 is 0 Å². The molecule has 134 valence electrons. The van der Waals surface area contributed by atoms with Crippen molar-refractivity contribution < 1.29 is 0 Å². The number of aromatic nitrogens is 3. The summed E-state index contributed by atoms with van der Waals surface area (Å²) in [5.41, 5.74) is 2.44. The first-order valence-corrected chi connectivity index (χ1v) is 9.72. The van der Waals surface area contributed by atoms with E-state index in [0.717, 1.165) is 51.6 Å². The summed E-state index contributed by atoms with van der Waals surface area (Å²) in [7, 11) is 0. The minimum Gasteiger partial charge on any atom is -0.345 e. The minimum absolute atomic E-state index is 0.856. The minimum atomic E-state index is 0.856. The Morgan fingerprint density at radius 3 is 2.44 bits per heavy atom. The van der Waals surface area contributed by atoms with Crippen molar-refractivity contribution >= 4 is 0 Å². The van der Waals surface area contributed by atoms with Crippen molar-refractivity contribution in [3.05, 3.63) is 47.8 Å². The van der Waals surface area contributed by atoms with Gasteiger partial charge in [0.25, 0.3) is 0 Å². The lowest BCUT2D eigenvalue weighted by Crippen LogP contribution is -2.45. The third-order valence-corrected chi connectivity index (χ3v) is 5.61. The summed E-state index contributed by atoms with van der Waals surface area (Å²) >= 11 is 0. The molecule has 25 heavy (non-hydrogen) atoms. The highest BCUT2D eigenvalue weighted by molar-refractivity contribution is 5.04. The second-order valence-corrected chi connectivity index (χ2v) is 7.58. The maximum atomic E-state index is 4.62. The molecule has 5 heteroatoms. The van der Waals surface area contributed by atoms with Gasteiger partial charge in [0.1, 0.15) is 5.82 Å². The molecule has 0 amide bonds. The maximum absolute atomic E-state index is 4.62. The lowest BCUT2D eigenvalue weighted by atomic mass is 10.0. The van der Waals surface area contributed by atoms with Gasteiger partial charge < -0.3 is 4.98 Å². The molecule has 3 heterocycles. The van der Waals surface area contributed by atoms with Gasteiger partial charge in [-0.15, -0.1) is 0 Å². The second-order valence-electron chi connectivity index (χ2n) is 7.58. The van der Waals surface area contributed by atoms with E-state index in [1.54, 1.807) is 0 Å². The van der Waals surface area contributed by atoms with E-state index >= 15 is 0 Å². The van der Waals surface area contributed by atoms with Crippen LogP contribution in [0.5, 0.6) is 0 Å². The van der Waals surface area contributed by atoms with E-state index in [4.69, 9.17) is 0 Å². The van der Waals surface area contributed by atoms with Crippen LogP contribution in [0.4, 0.5) is 0 Å². The number of H-pyrrole nitrogens is 1. The van der Waals surface area contributed by atoms with Crippen LogP contribution in [0, 0.1) is 5.92 Å². The van der Waals surface area contributed by atoms with Crippen LogP contribution in [0.2, 0.25) is 0 Å². The molecule has 2 aromatic rings. The van der Waals surface area contributed by atoms with Gasteiger partial charge in [-0.25, -0.2) is 4.98 Å². The molecule has 1 aliphatic carbocycles. The Morgan fingerprint density at radius 1 is 0.960 bits per heavy atom. The second kappa shape index (κ2) is 8.11. The molecule has 4 rings (SSSR count). The molecule has 0 unspecified atom stereocenters. The van der Waals surface area contributed by atoms with Crippen molar-refractivity contribution in [2.24, 2.45) is 5.92 Å². The normalized spacial score (nSPS) is 20.3. The summed E-state index contributed by atoms with van der Waals surface area (Å²) < 4.78 is 0. The third kappa shape index (κ3) is 4.67. The van der Waals surface area contributed by atoms with Crippen molar-refractivity contribution in [2.45, 2.75) is 45.2 Å². The first kappa shape index (κ1) is 16.7. The molecule has 0 radical (unpaired) electrons. The summed E-state index contributed by atoms with van der Waals surface area (Å²) in [6.45, 7) is 6.41. The molecule has 0 bridgehead atoms. The molecule has 5 nitrogen and oxygen atoms in total. The standard InChI is InChI=1S/C20H29N5/c1-2-6-17(5-1)13-20-22-14-19(23-20)16-25-11-9-24(10-12-25)15-18-7-3-4-8-21-18/h3-4,7-8,14,17H,1-2,5-6,9-13,15-16H2,(H,22,23). The zero-order chi connectivity index (χ0) is 16.9. The highest BCUT2D eigenvalue weighted by atomic mass is 15.3. The predicted octanol–water partition coefficient (Wildman–Crippen LogP) is 2.86. The van der Waals surface area contributed by atoms with Crippen LogP contribution >= 0.6 is 0 Å². The van der Waals surface area contributed by atoms with Gasteiger partial charge in [-0.1, -0.05) is 31.7 Å². The highest BCUT2D eigenvalue weighted by Gasteiger charge is 2.19. The van der Waals surface area contributed by atoms with Crippen LogP contribution in [-0.4, -0.2) is 50.9 Å². The van der Waals surface area contributed by atoms with Gasteiger partial charge >= 0.3 is 0 Å². The van der Waals surface area contributed by atoms with Crippen LogP contribution in [-0.2, 0) is 19.5 Å². The Labute approximate surface area is 150 Å². The first-order valence-electron chi connectivity index (χ1n) is 9.72. The van der Waals surface area contributed by atoms with Gasteiger partial charge in [-0.05, 0) is 18.1 Å². The number of hydrogen-bond acceptors (Lipinski definition) is 4. The average Bonchev–Trinajstić information content (AvgIpc) is 3.30. The topological polar surface area (TPSA) is 48.0 Å². The van der Waals surface area contributed by atoms with Gasteiger partial charge in [0.2, 0.25) is 0 Å². The molecule has 1 saturated heterocycles. The number of aromatic amines is 1. The monoisotopic (exact) mass is 339 g/mol. The molecular formula is C20H29N5. The van der Waals surface area contributed by atoms with Gasteiger partial charge in [0.05, 0.1) is 5.69 Å².